The van der Waals surface area contributed by atoms with E-state index in [1.54, 1.807) is 18.2 Å². The molecular formula is C20H24Cl2N4O. The van der Waals surface area contributed by atoms with Crippen molar-refractivity contribution in [2.24, 2.45) is 5.41 Å². The first-order valence-corrected chi connectivity index (χ1v) is 9.49. The number of benzene rings is 2. The number of para-hydroxylation sites is 1. The minimum absolute atomic E-state index is 0.0574. The van der Waals surface area contributed by atoms with E-state index in [-0.39, 0.29) is 11.6 Å². The number of anilines is 2. The molecule has 27 heavy (non-hydrogen) atoms. The third-order valence-corrected chi connectivity index (χ3v) is 5.08. The Balaban J connectivity index is 1.78. The van der Waals surface area contributed by atoms with Crippen LogP contribution in [0.15, 0.2) is 60.3 Å². The molecule has 0 saturated heterocycles. The number of aliphatic hydroxyl groups excluding tert-OH is 1. The van der Waals surface area contributed by atoms with Gasteiger partial charge in [-0.3, -0.25) is 5.01 Å². The molecule has 4 N–H and O–H groups in total. The molecule has 2 aromatic carbocycles. The zero-order valence-corrected chi connectivity index (χ0v) is 17.0. The Hall–Kier alpha value is -1.92. The van der Waals surface area contributed by atoms with Crippen molar-refractivity contribution < 1.29 is 5.11 Å². The van der Waals surface area contributed by atoms with Crippen LogP contribution >= 0.6 is 23.2 Å². The quantitative estimate of drug-likeness (QED) is 0.548. The minimum atomic E-state index is -1.03. The molecule has 144 valence electrons. The maximum absolute atomic E-state index is 10.5. The zero-order chi connectivity index (χ0) is 19.6. The van der Waals surface area contributed by atoms with E-state index in [2.05, 4.69) is 42.9 Å². The van der Waals surface area contributed by atoms with Crippen molar-refractivity contribution >= 4 is 34.6 Å². The van der Waals surface area contributed by atoms with Gasteiger partial charge in [-0.05, 0) is 30.3 Å². The zero-order valence-electron chi connectivity index (χ0n) is 15.5. The average Bonchev–Trinajstić information content (AvgIpc) is 3.04. The van der Waals surface area contributed by atoms with Crippen LogP contribution in [0.1, 0.15) is 20.8 Å². The highest BCUT2D eigenvalue weighted by atomic mass is 35.5. The molecular weight excluding hydrogens is 383 g/mol. The van der Waals surface area contributed by atoms with Crippen molar-refractivity contribution in [3.05, 3.63) is 70.3 Å². The van der Waals surface area contributed by atoms with Crippen molar-refractivity contribution in [1.82, 2.24) is 10.7 Å². The monoisotopic (exact) mass is 406 g/mol. The second-order valence-corrected chi connectivity index (χ2v) is 8.19. The summed E-state index contributed by atoms with van der Waals surface area (Å²) in [6, 6.07) is 15.2. The minimum Gasteiger partial charge on any atom is -0.361 e. The second kappa shape index (κ2) is 7.98. The topological polar surface area (TPSA) is 59.6 Å². The van der Waals surface area contributed by atoms with Crippen LogP contribution in [0.5, 0.6) is 0 Å². The SMILES string of the molecule is CC(C)(C)C1=C[C@H](N[C@@H](O)Nc2cccc(Cl)c2Cl)N(c2ccccc2)N1. The molecule has 1 aliphatic heterocycles. The second-order valence-electron chi connectivity index (χ2n) is 7.41. The Labute approximate surface area is 169 Å². The van der Waals surface area contributed by atoms with Gasteiger partial charge in [-0.2, -0.15) is 0 Å². The van der Waals surface area contributed by atoms with Gasteiger partial charge < -0.3 is 15.8 Å². The molecule has 0 fully saturated rings. The number of hydrazine groups is 1. The summed E-state index contributed by atoms with van der Waals surface area (Å²) in [4.78, 5) is 0. The highest BCUT2D eigenvalue weighted by Gasteiger charge is 2.31. The molecule has 0 amide bonds. The van der Waals surface area contributed by atoms with E-state index in [4.69, 9.17) is 23.2 Å². The Kier molecular flexibility index (Phi) is 5.86. The van der Waals surface area contributed by atoms with Gasteiger partial charge >= 0.3 is 0 Å². The van der Waals surface area contributed by atoms with Crippen molar-refractivity contribution in [2.45, 2.75) is 33.3 Å². The maximum Gasteiger partial charge on any atom is 0.183 e. The number of halogens is 2. The predicted octanol–water partition coefficient (Wildman–Crippen LogP) is 4.55. The van der Waals surface area contributed by atoms with Crippen LogP contribution in [0, 0.1) is 5.41 Å². The first-order valence-electron chi connectivity index (χ1n) is 8.73. The average molecular weight is 407 g/mol. The molecule has 7 heteroatoms. The van der Waals surface area contributed by atoms with Crippen LogP contribution in [0.25, 0.3) is 0 Å². The summed E-state index contributed by atoms with van der Waals surface area (Å²) in [5, 5.41) is 19.4. The molecule has 0 aromatic heterocycles. The number of rotatable bonds is 5. The van der Waals surface area contributed by atoms with E-state index in [1.165, 1.54) is 0 Å². The first kappa shape index (κ1) is 19.8. The molecule has 0 radical (unpaired) electrons. The number of hydrogen-bond acceptors (Lipinski definition) is 5. The molecule has 3 rings (SSSR count). The number of nitrogens with zero attached hydrogens (tertiary/aromatic N) is 1. The van der Waals surface area contributed by atoms with Gasteiger partial charge in [0.1, 0.15) is 6.17 Å². The molecule has 0 bridgehead atoms. The lowest BCUT2D eigenvalue weighted by atomic mass is 9.92. The molecule has 0 saturated carbocycles. The van der Waals surface area contributed by atoms with E-state index in [1.807, 2.05) is 35.3 Å². The molecule has 0 unspecified atom stereocenters. The lowest BCUT2D eigenvalue weighted by Gasteiger charge is -2.31. The largest absolute Gasteiger partial charge is 0.361 e. The lowest BCUT2D eigenvalue weighted by molar-refractivity contribution is 0.155. The summed E-state index contributed by atoms with van der Waals surface area (Å²) >= 11 is 12.2. The molecule has 2 atom stereocenters. The van der Waals surface area contributed by atoms with Gasteiger partial charge in [0.15, 0.2) is 6.35 Å². The summed E-state index contributed by atoms with van der Waals surface area (Å²) in [7, 11) is 0. The van der Waals surface area contributed by atoms with Gasteiger partial charge in [0, 0.05) is 11.1 Å². The van der Waals surface area contributed by atoms with Crippen LogP contribution in [-0.4, -0.2) is 17.6 Å². The first-order chi connectivity index (χ1) is 12.8. The van der Waals surface area contributed by atoms with Crippen molar-refractivity contribution in [2.75, 3.05) is 10.3 Å². The van der Waals surface area contributed by atoms with Gasteiger partial charge in [0.05, 0.1) is 21.4 Å². The summed E-state index contributed by atoms with van der Waals surface area (Å²) < 4.78 is 0. The summed E-state index contributed by atoms with van der Waals surface area (Å²) in [5.41, 5.74) is 5.98. The van der Waals surface area contributed by atoms with Gasteiger partial charge in [0.2, 0.25) is 0 Å². The number of aliphatic hydroxyl groups is 1. The fourth-order valence-electron chi connectivity index (χ4n) is 2.79. The summed E-state index contributed by atoms with van der Waals surface area (Å²) in [5.74, 6) is 0. The maximum atomic E-state index is 10.5. The van der Waals surface area contributed by atoms with Gasteiger partial charge in [0.25, 0.3) is 0 Å². The van der Waals surface area contributed by atoms with Crippen LogP contribution in [-0.2, 0) is 0 Å². The number of nitrogens with one attached hydrogen (secondary N) is 3. The number of allylic oxidation sites excluding steroid dienone is 1. The Bertz CT molecular complexity index is 820. The van der Waals surface area contributed by atoms with E-state index >= 15 is 0 Å². The highest BCUT2D eigenvalue weighted by Crippen LogP contribution is 2.31. The van der Waals surface area contributed by atoms with Gasteiger partial charge in [-0.1, -0.05) is 68.2 Å². The Morgan fingerprint density at radius 2 is 1.78 bits per heavy atom. The summed E-state index contributed by atoms with van der Waals surface area (Å²) in [6.07, 6.45) is 0.772. The lowest BCUT2D eigenvalue weighted by Crippen LogP contribution is -2.52. The van der Waals surface area contributed by atoms with E-state index < -0.39 is 6.35 Å². The van der Waals surface area contributed by atoms with Crippen molar-refractivity contribution in [1.29, 1.82) is 0 Å². The fourth-order valence-corrected chi connectivity index (χ4v) is 3.14. The van der Waals surface area contributed by atoms with Crippen LogP contribution < -0.4 is 21.1 Å². The molecule has 2 aromatic rings. The molecule has 0 spiro atoms. The van der Waals surface area contributed by atoms with Gasteiger partial charge in [-0.15, -0.1) is 0 Å². The molecule has 5 nitrogen and oxygen atoms in total. The summed E-state index contributed by atoms with van der Waals surface area (Å²) in [6.45, 7) is 6.41. The van der Waals surface area contributed by atoms with Crippen LogP contribution in [0.3, 0.4) is 0 Å². The van der Waals surface area contributed by atoms with Crippen molar-refractivity contribution in [3.63, 3.8) is 0 Å². The van der Waals surface area contributed by atoms with E-state index in [0.717, 1.165) is 11.4 Å². The Morgan fingerprint density at radius 1 is 1.07 bits per heavy atom. The smallest absolute Gasteiger partial charge is 0.183 e. The van der Waals surface area contributed by atoms with E-state index in [9.17, 15) is 5.11 Å². The fraction of sp³-hybridized carbons (Fsp3) is 0.300. The van der Waals surface area contributed by atoms with Crippen LogP contribution in [0.2, 0.25) is 10.0 Å². The molecule has 1 heterocycles. The third kappa shape index (κ3) is 4.68. The molecule has 1 aliphatic rings. The standard InChI is InChI=1S/C20H24Cl2N4O/c1-20(2,3)16-12-17(26(25-16)13-8-5-4-6-9-13)24-19(27)23-15-11-7-10-14(21)18(15)22/h4-12,17,19,23-25,27H,1-3H3/t17-,19+/m1/s1. The van der Waals surface area contributed by atoms with E-state index in [0.29, 0.717) is 15.7 Å². The Morgan fingerprint density at radius 3 is 2.44 bits per heavy atom. The third-order valence-electron chi connectivity index (χ3n) is 4.26. The number of hydrogen-bond donors (Lipinski definition) is 4. The predicted molar refractivity (Wildman–Crippen MR) is 113 cm³/mol. The highest BCUT2D eigenvalue weighted by molar-refractivity contribution is 6.43. The molecule has 0 aliphatic carbocycles. The van der Waals surface area contributed by atoms with Crippen molar-refractivity contribution in [3.8, 4) is 0 Å². The van der Waals surface area contributed by atoms with Crippen LogP contribution in [0.4, 0.5) is 11.4 Å². The normalized spacial score (nSPS) is 18.1. The van der Waals surface area contributed by atoms with Gasteiger partial charge in [-0.25, -0.2) is 5.32 Å².